The molecule has 0 aliphatic carbocycles. The summed E-state index contributed by atoms with van der Waals surface area (Å²) < 4.78 is 2.93. The molecule has 4 aromatic rings. The molecule has 0 atom stereocenters. The van der Waals surface area contributed by atoms with Crippen LogP contribution in [0.15, 0.2) is 90.0 Å². The topological polar surface area (TPSA) is 29.3 Å². The van der Waals surface area contributed by atoms with Crippen LogP contribution in [0.2, 0.25) is 0 Å². The lowest BCUT2D eigenvalue weighted by molar-refractivity contribution is 1.07. The minimum Gasteiger partial charge on any atom is -0.309 e. The van der Waals surface area contributed by atoms with E-state index in [0.29, 0.717) is 4.32 Å². The fraction of sp³-hybridized carbons (Fsp3) is 0.0435. The highest BCUT2D eigenvalue weighted by Gasteiger charge is 2.18. The molecule has 0 spiro atoms. The lowest BCUT2D eigenvalue weighted by Gasteiger charge is -2.12. The van der Waals surface area contributed by atoms with E-state index in [-0.39, 0.29) is 0 Å². The van der Waals surface area contributed by atoms with E-state index in [4.69, 9.17) is 12.2 Å². The molecule has 0 aliphatic rings. The number of rotatable bonds is 4. The summed E-state index contributed by atoms with van der Waals surface area (Å²) in [6.07, 6.45) is 3.80. The van der Waals surface area contributed by atoms with E-state index < -0.39 is 0 Å². The average molecular weight is 402 g/mol. The van der Waals surface area contributed by atoms with Gasteiger partial charge in [0.05, 0.1) is 17.4 Å². The maximum absolute atomic E-state index is 5.21. The Morgan fingerprint density at radius 2 is 1.57 bits per heavy atom. The number of hydrogen-bond donors (Lipinski definition) is 1. The Bertz CT molecular complexity index is 1130. The van der Waals surface area contributed by atoms with Crippen LogP contribution in [0, 0.1) is 0 Å². The Kier molecular flexibility index (Phi) is 5.55. The van der Waals surface area contributed by atoms with Crippen LogP contribution in [0.4, 0.5) is 0 Å². The maximum Gasteiger partial charge on any atom is 0.153 e. The summed E-state index contributed by atoms with van der Waals surface area (Å²) in [4.78, 5) is 0. The van der Waals surface area contributed by atoms with E-state index in [1.165, 1.54) is 11.8 Å². The zero-order chi connectivity index (χ0) is 19.3. The van der Waals surface area contributed by atoms with Gasteiger partial charge in [-0.3, -0.25) is 5.43 Å². The van der Waals surface area contributed by atoms with Gasteiger partial charge in [0.25, 0.3) is 0 Å². The van der Waals surface area contributed by atoms with Gasteiger partial charge in [0.1, 0.15) is 0 Å². The second-order valence-electron chi connectivity index (χ2n) is 6.18. The molecule has 0 aliphatic heterocycles. The fourth-order valence-electron chi connectivity index (χ4n) is 3.32. The molecular formula is C23H19N3S2. The van der Waals surface area contributed by atoms with Crippen molar-refractivity contribution in [3.63, 3.8) is 0 Å². The average Bonchev–Trinajstić information content (AvgIpc) is 3.09. The number of benzene rings is 3. The first-order valence-electron chi connectivity index (χ1n) is 8.91. The lowest BCUT2D eigenvalue weighted by atomic mass is 10.1. The fourth-order valence-corrected chi connectivity index (χ4v) is 3.51. The predicted molar refractivity (Wildman–Crippen MR) is 126 cm³/mol. The summed E-state index contributed by atoms with van der Waals surface area (Å²) >= 11 is 6.68. The summed E-state index contributed by atoms with van der Waals surface area (Å²) in [5, 5.41) is 5.55. The second kappa shape index (κ2) is 8.42. The molecule has 5 heteroatoms. The largest absolute Gasteiger partial charge is 0.309 e. The van der Waals surface area contributed by atoms with E-state index in [1.54, 1.807) is 0 Å². The molecule has 0 radical (unpaired) electrons. The van der Waals surface area contributed by atoms with Crippen molar-refractivity contribution in [2.75, 3.05) is 6.26 Å². The van der Waals surface area contributed by atoms with Gasteiger partial charge < -0.3 is 4.57 Å². The number of thiocarbonyl (C=S) groups is 1. The van der Waals surface area contributed by atoms with Crippen molar-refractivity contribution in [3.8, 4) is 16.9 Å². The molecule has 0 saturated carbocycles. The SMILES string of the molecule is CSC(=S)NN=Cc1c(-c2ccccc2)n(-c2ccccc2)c2ccccc12. The molecule has 0 fully saturated rings. The molecule has 1 aromatic heterocycles. The third-order valence-electron chi connectivity index (χ3n) is 4.51. The molecule has 0 saturated heterocycles. The van der Waals surface area contributed by atoms with Crippen LogP contribution in [-0.4, -0.2) is 21.4 Å². The summed E-state index contributed by atoms with van der Waals surface area (Å²) in [6.45, 7) is 0. The number of thioether (sulfide) groups is 1. The molecule has 3 aromatic carbocycles. The Hall–Kier alpha value is -2.89. The minimum absolute atomic E-state index is 0.643. The van der Waals surface area contributed by atoms with Crippen molar-refractivity contribution in [3.05, 3.63) is 90.5 Å². The summed E-state index contributed by atoms with van der Waals surface area (Å²) in [7, 11) is 0. The molecule has 0 amide bonds. The number of nitrogens with zero attached hydrogens (tertiary/aromatic N) is 2. The van der Waals surface area contributed by atoms with Crippen molar-refractivity contribution in [1.82, 2.24) is 9.99 Å². The van der Waals surface area contributed by atoms with Crippen molar-refractivity contribution in [2.45, 2.75) is 0 Å². The number of fused-ring (bicyclic) bond motifs is 1. The van der Waals surface area contributed by atoms with Crippen LogP contribution in [-0.2, 0) is 0 Å². The molecule has 4 rings (SSSR count). The van der Waals surface area contributed by atoms with Gasteiger partial charge in [-0.05, 0) is 30.0 Å². The zero-order valence-corrected chi connectivity index (χ0v) is 17.0. The molecule has 0 bridgehead atoms. The van der Waals surface area contributed by atoms with E-state index in [9.17, 15) is 0 Å². The number of hydrazone groups is 1. The van der Waals surface area contributed by atoms with E-state index in [2.05, 4.69) is 87.9 Å². The van der Waals surface area contributed by atoms with Gasteiger partial charge in [-0.1, -0.05) is 90.7 Å². The zero-order valence-electron chi connectivity index (χ0n) is 15.4. The normalized spacial score (nSPS) is 11.2. The second-order valence-corrected chi connectivity index (χ2v) is 7.66. The molecule has 1 N–H and O–H groups in total. The van der Waals surface area contributed by atoms with Crippen LogP contribution in [0.25, 0.3) is 27.8 Å². The first kappa shape index (κ1) is 18.5. The first-order chi connectivity index (χ1) is 13.8. The van der Waals surface area contributed by atoms with Crippen molar-refractivity contribution < 1.29 is 0 Å². The molecular weight excluding hydrogens is 382 g/mol. The minimum atomic E-state index is 0.643. The highest BCUT2D eigenvalue weighted by molar-refractivity contribution is 8.22. The molecule has 0 unspecified atom stereocenters. The lowest BCUT2D eigenvalue weighted by Crippen LogP contribution is -2.10. The predicted octanol–water partition coefficient (Wildman–Crippen LogP) is 5.87. The first-order valence-corrected chi connectivity index (χ1v) is 10.5. The standard InChI is InChI=1S/C23H19N3S2/c1-28-23(27)25-24-16-20-19-14-8-9-15-21(19)26(18-12-6-3-7-13-18)22(20)17-10-4-2-5-11-17/h2-16H,1H3,(H,25,27). The monoisotopic (exact) mass is 401 g/mol. The molecule has 28 heavy (non-hydrogen) atoms. The van der Waals surface area contributed by atoms with Crippen molar-refractivity contribution in [2.24, 2.45) is 5.10 Å². The Morgan fingerprint density at radius 3 is 2.29 bits per heavy atom. The third kappa shape index (κ3) is 3.59. The number of hydrogen-bond acceptors (Lipinski definition) is 3. The van der Waals surface area contributed by atoms with Crippen LogP contribution in [0.3, 0.4) is 0 Å². The molecule has 138 valence electrons. The summed E-state index contributed by atoms with van der Waals surface area (Å²) in [5.74, 6) is 0. The van der Waals surface area contributed by atoms with Gasteiger partial charge in [-0.15, -0.1) is 0 Å². The Labute approximate surface area is 174 Å². The Morgan fingerprint density at radius 1 is 0.929 bits per heavy atom. The number of para-hydroxylation sites is 2. The maximum atomic E-state index is 5.21. The number of aromatic nitrogens is 1. The Balaban J connectivity index is 2.01. The number of nitrogens with one attached hydrogen (secondary N) is 1. The van der Waals surface area contributed by atoms with Crippen LogP contribution in [0.5, 0.6) is 0 Å². The van der Waals surface area contributed by atoms with Crippen LogP contribution >= 0.6 is 24.0 Å². The summed E-state index contributed by atoms with van der Waals surface area (Å²) in [5.41, 5.74) is 8.48. The van der Waals surface area contributed by atoms with Crippen molar-refractivity contribution >= 4 is 45.4 Å². The smallest absolute Gasteiger partial charge is 0.153 e. The molecule has 3 nitrogen and oxygen atoms in total. The van der Waals surface area contributed by atoms with E-state index in [0.717, 1.165) is 33.4 Å². The van der Waals surface area contributed by atoms with Crippen LogP contribution < -0.4 is 5.43 Å². The van der Waals surface area contributed by atoms with Gasteiger partial charge in [-0.25, -0.2) is 0 Å². The van der Waals surface area contributed by atoms with Gasteiger partial charge in [0.2, 0.25) is 0 Å². The van der Waals surface area contributed by atoms with Crippen LogP contribution in [0.1, 0.15) is 5.56 Å². The van der Waals surface area contributed by atoms with Gasteiger partial charge >= 0.3 is 0 Å². The van der Waals surface area contributed by atoms with E-state index >= 15 is 0 Å². The van der Waals surface area contributed by atoms with E-state index in [1.807, 2.05) is 24.6 Å². The van der Waals surface area contributed by atoms with Gasteiger partial charge in [-0.2, -0.15) is 5.10 Å². The van der Waals surface area contributed by atoms with Crippen molar-refractivity contribution in [1.29, 1.82) is 0 Å². The molecule has 1 heterocycles. The van der Waals surface area contributed by atoms with Gasteiger partial charge in [0.15, 0.2) is 4.32 Å². The highest BCUT2D eigenvalue weighted by atomic mass is 32.2. The third-order valence-corrected chi connectivity index (χ3v) is 5.56. The quantitative estimate of drug-likeness (QED) is 0.263. The highest BCUT2D eigenvalue weighted by Crippen LogP contribution is 2.35. The summed E-state index contributed by atoms with van der Waals surface area (Å²) in [6, 6.07) is 29.2. The van der Waals surface area contributed by atoms with Gasteiger partial charge in [0, 0.05) is 16.6 Å².